The van der Waals surface area contributed by atoms with Gasteiger partial charge in [0, 0.05) is 37.9 Å². The number of carbonyl (C=O) groups excluding carboxylic acids is 2. The summed E-state index contributed by atoms with van der Waals surface area (Å²) >= 11 is 2.70. The molecule has 2 aliphatic heterocycles. The van der Waals surface area contributed by atoms with E-state index in [0.717, 1.165) is 6.54 Å². The summed E-state index contributed by atoms with van der Waals surface area (Å²) in [6, 6.07) is 10.8. The number of carbonyl (C=O) groups is 2. The van der Waals surface area contributed by atoms with Gasteiger partial charge in [0.05, 0.1) is 10.4 Å². The van der Waals surface area contributed by atoms with E-state index in [2.05, 4.69) is 9.88 Å². The van der Waals surface area contributed by atoms with Crippen molar-refractivity contribution >= 4 is 39.5 Å². The number of para-hydroxylation sites is 1. The summed E-state index contributed by atoms with van der Waals surface area (Å²) in [7, 11) is 0. The highest BCUT2D eigenvalue weighted by Crippen LogP contribution is 2.38. The zero-order chi connectivity index (χ0) is 23.7. The molecule has 1 saturated heterocycles. The lowest BCUT2D eigenvalue weighted by Crippen LogP contribution is -2.45. The standard InChI is InChI=1S/C24H25N3O5S2/c28-20-16-5-1-2-6-18(16)32-21(20)17-15-34-23(25-17)27(22(29)19-7-3-14-33-19)11-4-10-26-12-8-24(30,31)9-13-26/h1-3,5-7,14-15,21,30-31H,4,8-13H2. The van der Waals surface area contributed by atoms with Gasteiger partial charge in [0.2, 0.25) is 11.9 Å². The van der Waals surface area contributed by atoms with Crippen molar-refractivity contribution in [2.45, 2.75) is 31.2 Å². The van der Waals surface area contributed by atoms with Gasteiger partial charge in [-0.1, -0.05) is 18.2 Å². The zero-order valence-electron chi connectivity index (χ0n) is 18.4. The Hall–Kier alpha value is -2.63. The largest absolute Gasteiger partial charge is 0.475 e. The second kappa shape index (κ2) is 9.55. The zero-order valence-corrected chi connectivity index (χ0v) is 20.1. The first-order valence-corrected chi connectivity index (χ1v) is 12.9. The summed E-state index contributed by atoms with van der Waals surface area (Å²) in [6.07, 6.45) is 0.545. The van der Waals surface area contributed by atoms with Gasteiger partial charge in [0.1, 0.15) is 11.4 Å². The Morgan fingerprint density at radius 3 is 2.71 bits per heavy atom. The smallest absolute Gasteiger partial charge is 0.270 e. The van der Waals surface area contributed by atoms with Crippen LogP contribution in [0.3, 0.4) is 0 Å². The fourth-order valence-electron chi connectivity index (χ4n) is 4.21. The molecule has 0 bridgehead atoms. The Kier molecular flexibility index (Phi) is 6.50. The normalized spacial score (nSPS) is 19.6. The number of hydrogen-bond acceptors (Lipinski definition) is 9. The summed E-state index contributed by atoms with van der Waals surface area (Å²) in [5.74, 6) is -1.28. The molecule has 2 aliphatic rings. The average Bonchev–Trinajstić information content (AvgIpc) is 3.58. The summed E-state index contributed by atoms with van der Waals surface area (Å²) in [6.45, 7) is 2.41. The molecule has 2 N–H and O–H groups in total. The fourth-order valence-corrected chi connectivity index (χ4v) is 5.75. The number of piperidine rings is 1. The Bertz CT molecular complexity index is 1170. The molecule has 1 fully saturated rings. The minimum absolute atomic E-state index is 0.124. The van der Waals surface area contributed by atoms with Crippen LogP contribution in [0, 0.1) is 0 Å². The Morgan fingerprint density at radius 1 is 1.18 bits per heavy atom. The van der Waals surface area contributed by atoms with Crippen molar-refractivity contribution in [3.05, 3.63) is 63.3 Å². The fraction of sp³-hybridized carbons (Fsp3) is 0.375. The van der Waals surface area contributed by atoms with Gasteiger partial charge < -0.3 is 19.8 Å². The summed E-state index contributed by atoms with van der Waals surface area (Å²) in [5.41, 5.74) is 1.05. The molecule has 0 aliphatic carbocycles. The average molecular weight is 500 g/mol. The molecule has 3 aromatic rings. The summed E-state index contributed by atoms with van der Waals surface area (Å²) in [5, 5.41) is 23.7. The molecule has 178 valence electrons. The van der Waals surface area contributed by atoms with Crippen molar-refractivity contribution < 1.29 is 24.5 Å². The maximum atomic E-state index is 13.3. The lowest BCUT2D eigenvalue weighted by Gasteiger charge is -2.34. The number of thiazole rings is 1. The Balaban J connectivity index is 1.30. The third-order valence-electron chi connectivity index (χ3n) is 6.13. The number of amides is 1. The maximum absolute atomic E-state index is 13.3. The highest BCUT2D eigenvalue weighted by molar-refractivity contribution is 7.14. The topological polar surface area (TPSA) is 103 Å². The lowest BCUT2D eigenvalue weighted by atomic mass is 10.0. The molecule has 34 heavy (non-hydrogen) atoms. The molecular formula is C24H25N3O5S2. The number of nitrogens with zero attached hydrogens (tertiary/aromatic N) is 3. The molecule has 1 aromatic carbocycles. The third kappa shape index (κ3) is 4.77. The molecule has 8 nitrogen and oxygen atoms in total. The van der Waals surface area contributed by atoms with Crippen molar-refractivity contribution in [1.82, 2.24) is 9.88 Å². The van der Waals surface area contributed by atoms with Crippen LogP contribution in [0.15, 0.2) is 47.2 Å². The van der Waals surface area contributed by atoms with E-state index >= 15 is 0 Å². The molecule has 1 atom stereocenters. The molecular weight excluding hydrogens is 474 g/mol. The monoisotopic (exact) mass is 499 g/mol. The predicted molar refractivity (Wildman–Crippen MR) is 130 cm³/mol. The predicted octanol–water partition coefficient (Wildman–Crippen LogP) is 3.33. The Morgan fingerprint density at radius 2 is 1.97 bits per heavy atom. The van der Waals surface area contributed by atoms with E-state index in [9.17, 15) is 19.8 Å². The van der Waals surface area contributed by atoms with Crippen LogP contribution in [0.25, 0.3) is 0 Å². The number of aromatic nitrogens is 1. The van der Waals surface area contributed by atoms with Crippen molar-refractivity contribution in [3.8, 4) is 5.75 Å². The van der Waals surface area contributed by atoms with Gasteiger partial charge in [-0.2, -0.15) is 0 Å². The van der Waals surface area contributed by atoms with E-state index < -0.39 is 11.9 Å². The van der Waals surface area contributed by atoms with Gasteiger partial charge in [-0.15, -0.1) is 22.7 Å². The number of fused-ring (bicyclic) bond motifs is 1. The van der Waals surface area contributed by atoms with E-state index in [-0.39, 0.29) is 11.7 Å². The van der Waals surface area contributed by atoms with Crippen LogP contribution in [-0.2, 0) is 0 Å². The number of anilines is 1. The summed E-state index contributed by atoms with van der Waals surface area (Å²) in [4.78, 5) is 35.2. The van der Waals surface area contributed by atoms with Crippen LogP contribution < -0.4 is 9.64 Å². The van der Waals surface area contributed by atoms with Gasteiger partial charge in [0.15, 0.2) is 10.9 Å². The number of ketones is 1. The second-order valence-electron chi connectivity index (χ2n) is 8.52. The number of Topliss-reactive ketones (excluding diaryl/α,β-unsaturated/α-hetero) is 1. The Labute approximate surface area is 205 Å². The van der Waals surface area contributed by atoms with Gasteiger partial charge in [-0.3, -0.25) is 14.5 Å². The summed E-state index contributed by atoms with van der Waals surface area (Å²) < 4.78 is 5.85. The molecule has 1 amide bonds. The van der Waals surface area contributed by atoms with Crippen molar-refractivity contribution in [3.63, 3.8) is 0 Å². The van der Waals surface area contributed by atoms with E-state index in [1.165, 1.54) is 22.7 Å². The maximum Gasteiger partial charge on any atom is 0.270 e. The molecule has 0 saturated carbocycles. The van der Waals surface area contributed by atoms with Crippen LogP contribution in [-0.4, -0.2) is 63.8 Å². The van der Waals surface area contributed by atoms with Crippen molar-refractivity contribution in [2.75, 3.05) is 31.1 Å². The van der Waals surface area contributed by atoms with Crippen molar-refractivity contribution in [1.29, 1.82) is 0 Å². The molecule has 10 heteroatoms. The van der Waals surface area contributed by atoms with Gasteiger partial charge >= 0.3 is 0 Å². The van der Waals surface area contributed by atoms with E-state index in [1.54, 1.807) is 34.5 Å². The van der Waals surface area contributed by atoms with Crippen LogP contribution in [0.5, 0.6) is 5.75 Å². The first-order valence-electron chi connectivity index (χ1n) is 11.2. The van der Waals surface area contributed by atoms with Crippen LogP contribution in [0.1, 0.15) is 51.1 Å². The van der Waals surface area contributed by atoms with Gasteiger partial charge in [0.25, 0.3) is 5.91 Å². The molecule has 4 heterocycles. The molecule has 2 aromatic heterocycles. The highest BCUT2D eigenvalue weighted by atomic mass is 32.1. The number of rotatable bonds is 7. The molecule has 0 radical (unpaired) electrons. The number of hydrogen-bond donors (Lipinski definition) is 2. The van der Waals surface area contributed by atoms with E-state index in [0.29, 0.717) is 65.9 Å². The van der Waals surface area contributed by atoms with Gasteiger partial charge in [-0.25, -0.2) is 4.98 Å². The minimum atomic E-state index is -1.58. The first-order chi connectivity index (χ1) is 16.4. The second-order valence-corrected chi connectivity index (χ2v) is 10.3. The van der Waals surface area contributed by atoms with E-state index in [4.69, 9.17) is 4.74 Å². The van der Waals surface area contributed by atoms with Crippen LogP contribution in [0.2, 0.25) is 0 Å². The van der Waals surface area contributed by atoms with Gasteiger partial charge in [-0.05, 0) is 36.5 Å². The lowest BCUT2D eigenvalue weighted by molar-refractivity contribution is -0.188. The number of ether oxygens (including phenoxy) is 1. The number of aliphatic hydroxyl groups is 2. The van der Waals surface area contributed by atoms with Crippen molar-refractivity contribution in [2.24, 2.45) is 0 Å². The SMILES string of the molecule is O=C1c2ccccc2OC1c1csc(N(CCCN2CCC(O)(O)CC2)C(=O)c2cccs2)n1. The minimum Gasteiger partial charge on any atom is -0.475 e. The number of benzene rings is 1. The highest BCUT2D eigenvalue weighted by Gasteiger charge is 2.36. The number of likely N-dealkylation sites (tertiary alicyclic amines) is 1. The molecule has 0 spiro atoms. The van der Waals surface area contributed by atoms with Crippen LogP contribution in [0.4, 0.5) is 5.13 Å². The first kappa shape index (κ1) is 23.1. The van der Waals surface area contributed by atoms with E-state index in [1.807, 2.05) is 17.5 Å². The van der Waals surface area contributed by atoms with Crippen LogP contribution >= 0.6 is 22.7 Å². The number of thiophene rings is 1. The molecule has 5 rings (SSSR count). The quantitative estimate of drug-likeness (QED) is 0.481. The molecule has 1 unspecified atom stereocenters. The third-order valence-corrected chi connectivity index (χ3v) is 7.87.